The summed E-state index contributed by atoms with van der Waals surface area (Å²) >= 11 is 0. The lowest BCUT2D eigenvalue weighted by Crippen LogP contribution is -2.12. The number of hydrogen-bond acceptors (Lipinski definition) is 5. The summed E-state index contributed by atoms with van der Waals surface area (Å²) in [6.45, 7) is 0.388. The number of benzene rings is 4. The first kappa shape index (κ1) is 22.5. The fraction of sp³-hybridized carbons (Fsp3) is 0.0323. The van der Waals surface area contributed by atoms with Crippen LogP contribution in [-0.4, -0.2) is 10.9 Å². The van der Waals surface area contributed by atoms with Crippen LogP contribution in [0.25, 0.3) is 33.2 Å². The average molecular weight is 485 g/mol. The maximum atomic E-state index is 12.7. The largest absolute Gasteiger partial charge is 0.455 e. The third-order valence-electron chi connectivity index (χ3n) is 6.27. The fourth-order valence-electron chi connectivity index (χ4n) is 4.49. The van der Waals surface area contributed by atoms with Crippen LogP contribution < -0.4 is 16.4 Å². The second-order valence-corrected chi connectivity index (χ2v) is 8.77. The van der Waals surface area contributed by atoms with Gasteiger partial charge in [-0.1, -0.05) is 48.5 Å². The van der Waals surface area contributed by atoms with Crippen LogP contribution >= 0.6 is 0 Å². The van der Waals surface area contributed by atoms with Crippen LogP contribution in [0.3, 0.4) is 0 Å². The second-order valence-electron chi connectivity index (χ2n) is 8.77. The van der Waals surface area contributed by atoms with Crippen LogP contribution in [0.5, 0.6) is 0 Å². The Morgan fingerprint density at radius 3 is 2.49 bits per heavy atom. The molecule has 4 N–H and O–H groups in total. The number of aromatic nitrogens is 1. The number of anilines is 3. The van der Waals surface area contributed by atoms with Crippen molar-refractivity contribution < 1.29 is 9.21 Å². The highest BCUT2D eigenvalue weighted by atomic mass is 16.3. The minimum absolute atomic E-state index is 0.183. The third kappa shape index (κ3) is 4.53. The fourth-order valence-corrected chi connectivity index (χ4v) is 4.49. The summed E-state index contributed by atoms with van der Waals surface area (Å²) in [5.74, 6) is -0.183. The molecule has 180 valence electrons. The number of nitrogens with two attached hydrogens (primary N) is 1. The van der Waals surface area contributed by atoms with Crippen molar-refractivity contribution in [1.29, 1.82) is 0 Å². The molecular weight excluding hydrogens is 460 g/mol. The van der Waals surface area contributed by atoms with E-state index >= 15 is 0 Å². The van der Waals surface area contributed by atoms with Gasteiger partial charge in [0.25, 0.3) is 5.91 Å². The van der Waals surface area contributed by atoms with Gasteiger partial charge in [-0.2, -0.15) is 0 Å². The molecule has 2 heterocycles. The molecule has 1 amide bonds. The first-order chi connectivity index (χ1) is 18.2. The molecule has 4 aromatic carbocycles. The summed E-state index contributed by atoms with van der Waals surface area (Å²) in [6, 6.07) is 33.0. The Morgan fingerprint density at radius 2 is 1.57 bits per heavy atom. The Bertz CT molecular complexity index is 1760. The maximum absolute atomic E-state index is 12.7. The van der Waals surface area contributed by atoms with Crippen molar-refractivity contribution in [2.75, 3.05) is 10.6 Å². The number of amides is 1. The Kier molecular flexibility index (Phi) is 5.84. The van der Waals surface area contributed by atoms with E-state index in [1.807, 2.05) is 78.9 Å². The molecule has 0 saturated carbocycles. The normalized spacial score (nSPS) is 11.1. The highest BCUT2D eigenvalue weighted by Crippen LogP contribution is 2.35. The van der Waals surface area contributed by atoms with Crippen molar-refractivity contribution >= 4 is 44.9 Å². The van der Waals surface area contributed by atoms with Gasteiger partial charge in [0.2, 0.25) is 0 Å². The van der Waals surface area contributed by atoms with Gasteiger partial charge < -0.3 is 20.8 Å². The second kappa shape index (κ2) is 9.60. The summed E-state index contributed by atoms with van der Waals surface area (Å²) in [5.41, 5.74) is 13.0. The lowest BCUT2D eigenvalue weighted by molar-refractivity contribution is 0.102. The summed E-state index contributed by atoms with van der Waals surface area (Å²) in [5, 5.41) is 8.53. The molecule has 6 rings (SSSR count). The Hall–Kier alpha value is -4.94. The molecule has 0 aliphatic carbocycles. The molecule has 6 aromatic rings. The van der Waals surface area contributed by atoms with Crippen LogP contribution in [0.1, 0.15) is 15.9 Å². The van der Waals surface area contributed by atoms with Crippen molar-refractivity contribution in [2.45, 2.75) is 6.54 Å². The number of carbonyl (C=O) groups is 1. The lowest BCUT2D eigenvalue weighted by Gasteiger charge is -2.11. The minimum atomic E-state index is -0.183. The number of nitrogens with zero attached hydrogens (tertiary/aromatic N) is 1. The molecule has 37 heavy (non-hydrogen) atoms. The molecule has 0 saturated heterocycles. The number of nitrogens with one attached hydrogen (secondary N) is 2. The zero-order valence-electron chi connectivity index (χ0n) is 19.9. The molecule has 2 aromatic heterocycles. The molecule has 0 atom stereocenters. The molecule has 0 aliphatic rings. The van der Waals surface area contributed by atoms with Crippen LogP contribution in [0.15, 0.2) is 114 Å². The first-order valence-electron chi connectivity index (χ1n) is 12.0. The molecule has 6 heteroatoms. The molecule has 0 unspecified atom stereocenters. The zero-order chi connectivity index (χ0) is 25.2. The molecule has 0 fully saturated rings. The Morgan fingerprint density at radius 1 is 0.784 bits per heavy atom. The van der Waals surface area contributed by atoms with Gasteiger partial charge in [-0.05, 0) is 60.2 Å². The number of para-hydroxylation sites is 2. The summed E-state index contributed by atoms with van der Waals surface area (Å²) in [7, 11) is 0. The maximum Gasteiger partial charge on any atom is 0.255 e. The smallest absolute Gasteiger partial charge is 0.255 e. The van der Waals surface area contributed by atoms with Crippen molar-refractivity contribution in [3.63, 3.8) is 0 Å². The Labute approximate surface area is 213 Å². The molecule has 0 aliphatic heterocycles. The topological polar surface area (TPSA) is 93.2 Å². The van der Waals surface area contributed by atoms with Crippen LogP contribution in [-0.2, 0) is 6.54 Å². The summed E-state index contributed by atoms with van der Waals surface area (Å²) < 4.78 is 6.19. The van der Waals surface area contributed by atoms with E-state index in [-0.39, 0.29) is 5.91 Å². The molecule has 6 nitrogen and oxygen atoms in total. The van der Waals surface area contributed by atoms with Crippen LogP contribution in [0.4, 0.5) is 17.1 Å². The first-order valence-corrected chi connectivity index (χ1v) is 12.0. The van der Waals surface area contributed by atoms with E-state index in [1.165, 1.54) is 0 Å². The standard InChI is InChI=1S/C31H24N4O2/c32-19-20-6-3-7-21(16-20)31(36)35-23-9-4-8-22(17-23)34-24-14-15-33-28(18-24)27-12-5-11-26-25-10-1-2-13-29(25)37-30(26)27/h1-18H,19,32H2,(H,33,34)(H,35,36). The van der Waals surface area contributed by atoms with Crippen molar-refractivity contribution in [3.8, 4) is 11.3 Å². The van der Waals surface area contributed by atoms with E-state index in [0.29, 0.717) is 17.8 Å². The van der Waals surface area contributed by atoms with E-state index in [9.17, 15) is 4.79 Å². The predicted molar refractivity (Wildman–Crippen MR) is 149 cm³/mol. The quantitative estimate of drug-likeness (QED) is 0.234. The van der Waals surface area contributed by atoms with E-state index in [2.05, 4.69) is 27.8 Å². The van der Waals surface area contributed by atoms with E-state index in [4.69, 9.17) is 10.2 Å². The van der Waals surface area contributed by atoms with Gasteiger partial charge in [-0.25, -0.2) is 0 Å². The predicted octanol–water partition coefficient (Wildman–Crippen LogP) is 7.10. The average Bonchev–Trinajstić information content (AvgIpc) is 3.32. The van der Waals surface area contributed by atoms with E-state index in [1.54, 1.807) is 18.3 Å². The SMILES string of the molecule is NCc1cccc(C(=O)Nc2cccc(Nc3ccnc(-c4cccc5c4oc4ccccc45)c3)c2)c1. The van der Waals surface area contributed by atoms with Gasteiger partial charge in [0.05, 0.1) is 5.69 Å². The van der Waals surface area contributed by atoms with Crippen molar-refractivity contribution in [1.82, 2.24) is 4.98 Å². The highest BCUT2D eigenvalue weighted by molar-refractivity contribution is 6.09. The highest BCUT2D eigenvalue weighted by Gasteiger charge is 2.13. The van der Waals surface area contributed by atoms with Crippen molar-refractivity contribution in [3.05, 3.63) is 120 Å². The lowest BCUT2D eigenvalue weighted by atomic mass is 10.1. The molecular formula is C31H24N4O2. The molecule has 0 radical (unpaired) electrons. The number of pyridine rings is 1. The molecule has 0 spiro atoms. The Balaban J connectivity index is 1.26. The van der Waals surface area contributed by atoms with E-state index in [0.717, 1.165) is 50.1 Å². The third-order valence-corrected chi connectivity index (χ3v) is 6.27. The number of rotatable bonds is 6. The van der Waals surface area contributed by atoms with Gasteiger partial charge >= 0.3 is 0 Å². The number of carbonyl (C=O) groups excluding carboxylic acids is 1. The number of furan rings is 1. The van der Waals surface area contributed by atoms with Crippen LogP contribution in [0.2, 0.25) is 0 Å². The summed E-state index contributed by atoms with van der Waals surface area (Å²) in [6.07, 6.45) is 1.77. The van der Waals surface area contributed by atoms with Crippen molar-refractivity contribution in [2.24, 2.45) is 5.73 Å². The minimum Gasteiger partial charge on any atom is -0.455 e. The van der Waals surface area contributed by atoms with Gasteiger partial charge in [0, 0.05) is 51.7 Å². The van der Waals surface area contributed by atoms with Gasteiger partial charge in [0.1, 0.15) is 11.2 Å². The van der Waals surface area contributed by atoms with Gasteiger partial charge in [-0.3, -0.25) is 9.78 Å². The van der Waals surface area contributed by atoms with Gasteiger partial charge in [0.15, 0.2) is 0 Å². The number of hydrogen-bond donors (Lipinski definition) is 3. The zero-order valence-corrected chi connectivity index (χ0v) is 19.9. The molecule has 0 bridgehead atoms. The summed E-state index contributed by atoms with van der Waals surface area (Å²) in [4.78, 5) is 17.3. The number of fused-ring (bicyclic) bond motifs is 3. The van der Waals surface area contributed by atoms with E-state index < -0.39 is 0 Å². The van der Waals surface area contributed by atoms with Gasteiger partial charge in [-0.15, -0.1) is 0 Å². The monoisotopic (exact) mass is 484 g/mol. The van der Waals surface area contributed by atoms with Crippen LogP contribution in [0, 0.1) is 0 Å².